The fourth-order valence-corrected chi connectivity index (χ4v) is 3.19. The lowest BCUT2D eigenvalue weighted by atomic mass is 9.81. The normalized spacial score (nSPS) is 12.7. The van der Waals surface area contributed by atoms with Crippen LogP contribution in [0.4, 0.5) is 0 Å². The van der Waals surface area contributed by atoms with Crippen LogP contribution < -0.4 is 0 Å². The molecule has 0 amide bonds. The van der Waals surface area contributed by atoms with E-state index in [9.17, 15) is 5.11 Å². The van der Waals surface area contributed by atoms with Gasteiger partial charge in [-0.15, -0.1) is 0 Å². The van der Waals surface area contributed by atoms with Crippen LogP contribution >= 0.6 is 11.3 Å². The molecule has 1 heterocycles. The van der Waals surface area contributed by atoms with E-state index < -0.39 is 5.60 Å². The predicted octanol–water partition coefficient (Wildman–Crippen LogP) is 4.11. The van der Waals surface area contributed by atoms with Gasteiger partial charge in [0.2, 0.25) is 0 Å². The Bertz CT molecular complexity index is 278. The van der Waals surface area contributed by atoms with Gasteiger partial charge in [-0.1, -0.05) is 27.7 Å². The van der Waals surface area contributed by atoms with Crippen molar-refractivity contribution in [1.82, 2.24) is 0 Å². The molecule has 16 heavy (non-hydrogen) atoms. The largest absolute Gasteiger partial charge is 0.390 e. The molecule has 1 N–H and O–H groups in total. The Morgan fingerprint density at radius 1 is 1.19 bits per heavy atom. The summed E-state index contributed by atoms with van der Waals surface area (Å²) in [6.45, 7) is 8.72. The van der Waals surface area contributed by atoms with Crippen molar-refractivity contribution in [3.63, 3.8) is 0 Å². The van der Waals surface area contributed by atoms with Crippen molar-refractivity contribution < 1.29 is 5.11 Å². The van der Waals surface area contributed by atoms with Crippen molar-refractivity contribution in [2.24, 2.45) is 11.8 Å². The van der Waals surface area contributed by atoms with Crippen LogP contribution in [0.5, 0.6) is 0 Å². The number of thiophene rings is 1. The molecular weight excluding hydrogens is 216 g/mol. The van der Waals surface area contributed by atoms with Gasteiger partial charge in [0.05, 0.1) is 5.60 Å². The highest BCUT2D eigenvalue weighted by Gasteiger charge is 2.29. The smallest absolute Gasteiger partial charge is 0.0693 e. The molecule has 0 aliphatic heterocycles. The molecular formula is C14H24OS. The summed E-state index contributed by atoms with van der Waals surface area (Å²) >= 11 is 1.71. The van der Waals surface area contributed by atoms with Gasteiger partial charge >= 0.3 is 0 Å². The lowest BCUT2D eigenvalue weighted by Gasteiger charge is -2.31. The van der Waals surface area contributed by atoms with E-state index in [-0.39, 0.29) is 0 Å². The number of hydrogen-bond donors (Lipinski definition) is 1. The highest BCUT2D eigenvalue weighted by Crippen LogP contribution is 2.29. The van der Waals surface area contributed by atoms with E-state index >= 15 is 0 Å². The molecule has 0 bridgehead atoms. The summed E-state index contributed by atoms with van der Waals surface area (Å²) in [7, 11) is 0. The molecule has 1 aromatic heterocycles. The number of hydrogen-bond acceptors (Lipinski definition) is 2. The molecule has 2 heteroatoms. The maximum Gasteiger partial charge on any atom is 0.0693 e. The first kappa shape index (κ1) is 13.7. The van der Waals surface area contributed by atoms with E-state index in [0.29, 0.717) is 11.8 Å². The Balaban J connectivity index is 2.69. The van der Waals surface area contributed by atoms with Gasteiger partial charge < -0.3 is 5.11 Å². The summed E-state index contributed by atoms with van der Waals surface area (Å²) in [5.74, 6) is 1.09. The third-order valence-electron chi connectivity index (χ3n) is 2.69. The lowest BCUT2D eigenvalue weighted by Crippen LogP contribution is -2.34. The first-order valence-corrected chi connectivity index (χ1v) is 7.09. The van der Waals surface area contributed by atoms with Crippen molar-refractivity contribution in [3.8, 4) is 0 Å². The van der Waals surface area contributed by atoms with Crippen LogP contribution in [0.1, 0.15) is 46.1 Å². The minimum atomic E-state index is -0.524. The van der Waals surface area contributed by atoms with Crippen LogP contribution in [0, 0.1) is 11.8 Å². The quantitative estimate of drug-likeness (QED) is 0.793. The molecule has 1 nitrogen and oxygen atoms in total. The first-order valence-electron chi connectivity index (χ1n) is 6.15. The first-order chi connectivity index (χ1) is 7.41. The minimum absolute atomic E-state index is 0.524. The van der Waals surface area contributed by atoms with E-state index in [2.05, 4.69) is 44.5 Å². The molecule has 0 spiro atoms. The van der Waals surface area contributed by atoms with Crippen molar-refractivity contribution >= 4 is 11.3 Å². The second kappa shape index (κ2) is 5.83. The Hall–Kier alpha value is -0.340. The third-order valence-corrected chi connectivity index (χ3v) is 3.42. The minimum Gasteiger partial charge on any atom is -0.390 e. The molecule has 0 saturated heterocycles. The van der Waals surface area contributed by atoms with Crippen LogP contribution in [-0.4, -0.2) is 10.7 Å². The van der Waals surface area contributed by atoms with Crippen LogP contribution in [0.3, 0.4) is 0 Å². The topological polar surface area (TPSA) is 20.2 Å². The van der Waals surface area contributed by atoms with Crippen molar-refractivity contribution in [2.45, 2.75) is 52.6 Å². The van der Waals surface area contributed by atoms with Gasteiger partial charge in [0, 0.05) is 6.42 Å². The highest BCUT2D eigenvalue weighted by atomic mass is 32.1. The lowest BCUT2D eigenvalue weighted by molar-refractivity contribution is 0.000829. The van der Waals surface area contributed by atoms with E-state index in [0.717, 1.165) is 19.3 Å². The average molecular weight is 240 g/mol. The Labute approximate surface area is 104 Å². The van der Waals surface area contributed by atoms with Crippen molar-refractivity contribution in [3.05, 3.63) is 22.4 Å². The van der Waals surface area contributed by atoms with Crippen LogP contribution in [0.2, 0.25) is 0 Å². The number of rotatable bonds is 6. The zero-order valence-corrected chi connectivity index (χ0v) is 11.7. The van der Waals surface area contributed by atoms with Gasteiger partial charge in [0.15, 0.2) is 0 Å². The van der Waals surface area contributed by atoms with E-state index in [1.165, 1.54) is 5.56 Å². The summed E-state index contributed by atoms with van der Waals surface area (Å²) in [5.41, 5.74) is 0.748. The Kier molecular flexibility index (Phi) is 5.00. The molecule has 0 aromatic carbocycles. The standard InChI is InChI=1S/C14H24OS/c1-11(2)7-14(15,8-12(3)4)9-13-5-6-16-10-13/h5-6,10-12,15H,7-9H2,1-4H3. The van der Waals surface area contributed by atoms with Gasteiger partial charge in [-0.2, -0.15) is 11.3 Å². The van der Waals surface area contributed by atoms with E-state index in [4.69, 9.17) is 0 Å². The van der Waals surface area contributed by atoms with Gasteiger partial charge in [0.1, 0.15) is 0 Å². The summed E-state index contributed by atoms with van der Waals surface area (Å²) in [6.07, 6.45) is 2.58. The summed E-state index contributed by atoms with van der Waals surface area (Å²) < 4.78 is 0. The molecule has 1 aromatic rings. The highest BCUT2D eigenvalue weighted by molar-refractivity contribution is 7.07. The second-order valence-electron chi connectivity index (χ2n) is 5.73. The SMILES string of the molecule is CC(C)CC(O)(Cc1ccsc1)CC(C)C. The van der Waals surface area contributed by atoms with Crippen molar-refractivity contribution in [2.75, 3.05) is 0 Å². The van der Waals surface area contributed by atoms with Gasteiger partial charge in [-0.25, -0.2) is 0 Å². The fourth-order valence-electron chi connectivity index (χ4n) is 2.52. The second-order valence-corrected chi connectivity index (χ2v) is 6.51. The fraction of sp³-hybridized carbons (Fsp3) is 0.714. The maximum atomic E-state index is 10.7. The number of aliphatic hydroxyl groups is 1. The summed E-state index contributed by atoms with van der Waals surface area (Å²) in [6, 6.07) is 2.12. The van der Waals surface area contributed by atoms with E-state index in [1.807, 2.05) is 0 Å². The summed E-state index contributed by atoms with van der Waals surface area (Å²) in [4.78, 5) is 0. The molecule has 0 unspecified atom stereocenters. The predicted molar refractivity (Wildman–Crippen MR) is 71.9 cm³/mol. The average Bonchev–Trinajstić information content (AvgIpc) is 2.51. The Morgan fingerprint density at radius 3 is 2.12 bits per heavy atom. The molecule has 1 rings (SSSR count). The maximum absolute atomic E-state index is 10.7. The van der Waals surface area contributed by atoms with Crippen LogP contribution in [0.15, 0.2) is 16.8 Å². The zero-order valence-electron chi connectivity index (χ0n) is 10.9. The molecule has 0 aliphatic carbocycles. The van der Waals surface area contributed by atoms with E-state index in [1.54, 1.807) is 11.3 Å². The summed E-state index contributed by atoms with van der Waals surface area (Å²) in [5, 5.41) is 15.0. The van der Waals surface area contributed by atoms with Crippen LogP contribution in [0.25, 0.3) is 0 Å². The molecule has 92 valence electrons. The molecule has 0 atom stereocenters. The molecule has 0 saturated carbocycles. The zero-order chi connectivity index (χ0) is 12.2. The van der Waals surface area contributed by atoms with Gasteiger partial charge in [0.25, 0.3) is 0 Å². The van der Waals surface area contributed by atoms with Gasteiger partial charge in [-0.3, -0.25) is 0 Å². The molecule has 0 aliphatic rings. The van der Waals surface area contributed by atoms with Crippen LogP contribution in [-0.2, 0) is 6.42 Å². The Morgan fingerprint density at radius 2 is 1.75 bits per heavy atom. The third kappa shape index (κ3) is 4.67. The monoisotopic (exact) mass is 240 g/mol. The van der Waals surface area contributed by atoms with Gasteiger partial charge in [-0.05, 0) is 47.1 Å². The van der Waals surface area contributed by atoms with Crippen molar-refractivity contribution in [1.29, 1.82) is 0 Å². The molecule has 0 fully saturated rings. The molecule has 0 radical (unpaired) electrons.